The highest BCUT2D eigenvalue weighted by Gasteiger charge is 2.35. The molecule has 0 aliphatic carbocycles. The van der Waals surface area contributed by atoms with Gasteiger partial charge >= 0.3 is 0 Å². The molecule has 2 fully saturated rings. The third-order valence-electron chi connectivity index (χ3n) is 4.94. The lowest BCUT2D eigenvalue weighted by Gasteiger charge is -2.38. The fraction of sp³-hybridized carbons (Fsp3) is 0.647. The van der Waals surface area contributed by atoms with E-state index in [0.29, 0.717) is 19.0 Å². The summed E-state index contributed by atoms with van der Waals surface area (Å²) in [5.74, 6) is 0.536. The summed E-state index contributed by atoms with van der Waals surface area (Å²) in [7, 11) is 0. The number of likely N-dealkylation sites (tertiary alicyclic amines) is 1. The monoisotopic (exact) mass is 306 g/mol. The summed E-state index contributed by atoms with van der Waals surface area (Å²) < 4.78 is 0. The molecule has 0 bridgehead atoms. The van der Waals surface area contributed by atoms with Crippen molar-refractivity contribution in [3.05, 3.63) is 29.8 Å². The summed E-state index contributed by atoms with van der Waals surface area (Å²) in [5, 5.41) is 29.2. The molecule has 5 heteroatoms. The Labute approximate surface area is 131 Å². The van der Waals surface area contributed by atoms with E-state index in [1.54, 1.807) is 0 Å². The summed E-state index contributed by atoms with van der Waals surface area (Å²) in [4.78, 5) is 4.50. The van der Waals surface area contributed by atoms with Gasteiger partial charge in [0.1, 0.15) is 6.10 Å². The van der Waals surface area contributed by atoms with Crippen LogP contribution >= 0.6 is 0 Å². The molecule has 5 nitrogen and oxygen atoms in total. The summed E-state index contributed by atoms with van der Waals surface area (Å²) in [6.45, 7) is 5.95. The Kier molecular flexibility index (Phi) is 4.68. The van der Waals surface area contributed by atoms with Crippen molar-refractivity contribution in [3.8, 4) is 0 Å². The third-order valence-corrected chi connectivity index (χ3v) is 4.94. The van der Waals surface area contributed by atoms with Crippen LogP contribution < -0.4 is 4.90 Å². The molecule has 2 heterocycles. The van der Waals surface area contributed by atoms with Crippen molar-refractivity contribution >= 4 is 5.69 Å². The first kappa shape index (κ1) is 15.7. The van der Waals surface area contributed by atoms with Gasteiger partial charge in [0.05, 0.1) is 12.2 Å². The zero-order chi connectivity index (χ0) is 15.7. The quantitative estimate of drug-likeness (QED) is 0.745. The van der Waals surface area contributed by atoms with Crippen molar-refractivity contribution in [2.24, 2.45) is 5.92 Å². The van der Waals surface area contributed by atoms with Crippen LogP contribution in [-0.4, -0.2) is 71.3 Å². The molecule has 2 saturated heterocycles. The summed E-state index contributed by atoms with van der Waals surface area (Å²) >= 11 is 0. The lowest BCUT2D eigenvalue weighted by Crippen LogP contribution is -2.56. The second kappa shape index (κ2) is 6.54. The van der Waals surface area contributed by atoms with Crippen LogP contribution in [-0.2, 0) is 0 Å². The van der Waals surface area contributed by atoms with Gasteiger partial charge in [0, 0.05) is 38.4 Å². The SMILES string of the molecule is Cc1ccccc1N1CC[C@H](CN2C[C@@H](O)C(O)[C@@H](O)C2)C1. The Morgan fingerprint density at radius 3 is 2.41 bits per heavy atom. The third kappa shape index (κ3) is 3.27. The van der Waals surface area contributed by atoms with Gasteiger partial charge < -0.3 is 20.2 Å². The summed E-state index contributed by atoms with van der Waals surface area (Å²) in [5.41, 5.74) is 2.61. The van der Waals surface area contributed by atoms with Crippen LogP contribution in [0.25, 0.3) is 0 Å². The van der Waals surface area contributed by atoms with Crippen LogP contribution in [0.15, 0.2) is 24.3 Å². The molecule has 1 unspecified atom stereocenters. The number of aliphatic hydroxyl groups is 3. The normalized spacial score (nSPS) is 33.4. The van der Waals surface area contributed by atoms with E-state index in [2.05, 4.69) is 41.0 Å². The number of rotatable bonds is 3. The molecular weight excluding hydrogens is 280 g/mol. The molecule has 2 aliphatic rings. The van der Waals surface area contributed by atoms with E-state index in [-0.39, 0.29) is 0 Å². The van der Waals surface area contributed by atoms with Crippen molar-refractivity contribution in [2.75, 3.05) is 37.6 Å². The molecular formula is C17H26N2O3. The Bertz CT molecular complexity index is 498. The predicted octanol–water partition coefficient (Wildman–Crippen LogP) is 0.220. The first-order valence-corrected chi connectivity index (χ1v) is 8.11. The van der Waals surface area contributed by atoms with Gasteiger partial charge in [0.15, 0.2) is 0 Å². The van der Waals surface area contributed by atoms with Gasteiger partial charge in [-0.25, -0.2) is 0 Å². The molecule has 0 aromatic heterocycles. The maximum absolute atomic E-state index is 9.80. The van der Waals surface area contributed by atoms with E-state index < -0.39 is 18.3 Å². The van der Waals surface area contributed by atoms with Crippen molar-refractivity contribution in [1.29, 1.82) is 0 Å². The molecule has 122 valence electrons. The number of aliphatic hydroxyl groups excluding tert-OH is 3. The minimum Gasteiger partial charge on any atom is -0.389 e. The number of benzene rings is 1. The maximum atomic E-state index is 9.80. The molecule has 2 aliphatic heterocycles. The standard InChI is InChI=1S/C17H26N2O3/c1-12-4-2-3-5-14(12)19-7-6-13(9-19)8-18-10-15(20)17(22)16(21)11-18/h2-5,13,15-17,20-22H,6-11H2,1H3/t13-,15-,16+,17?/m1/s1. The number of piperidine rings is 1. The van der Waals surface area contributed by atoms with E-state index in [0.717, 1.165) is 26.1 Å². The Morgan fingerprint density at radius 1 is 1.05 bits per heavy atom. The van der Waals surface area contributed by atoms with Crippen molar-refractivity contribution in [3.63, 3.8) is 0 Å². The van der Waals surface area contributed by atoms with E-state index in [9.17, 15) is 15.3 Å². The number of hydrogen-bond acceptors (Lipinski definition) is 5. The highest BCUT2D eigenvalue weighted by atomic mass is 16.4. The molecule has 0 spiro atoms. The van der Waals surface area contributed by atoms with E-state index >= 15 is 0 Å². The smallest absolute Gasteiger partial charge is 0.108 e. The number of nitrogens with zero attached hydrogens (tertiary/aromatic N) is 2. The zero-order valence-corrected chi connectivity index (χ0v) is 13.1. The molecule has 4 atom stereocenters. The predicted molar refractivity (Wildman–Crippen MR) is 86.0 cm³/mol. The highest BCUT2D eigenvalue weighted by Crippen LogP contribution is 2.27. The second-order valence-corrected chi connectivity index (χ2v) is 6.73. The van der Waals surface area contributed by atoms with Crippen LogP contribution in [0.5, 0.6) is 0 Å². The minimum atomic E-state index is -1.01. The van der Waals surface area contributed by atoms with E-state index in [4.69, 9.17) is 0 Å². The second-order valence-electron chi connectivity index (χ2n) is 6.73. The van der Waals surface area contributed by atoms with E-state index in [1.807, 2.05) is 0 Å². The lowest BCUT2D eigenvalue weighted by molar-refractivity contribution is -0.111. The van der Waals surface area contributed by atoms with Crippen molar-refractivity contribution in [1.82, 2.24) is 4.90 Å². The molecule has 0 saturated carbocycles. The van der Waals surface area contributed by atoms with Gasteiger partial charge in [-0.05, 0) is 30.9 Å². The lowest BCUT2D eigenvalue weighted by atomic mass is 10.00. The number of hydrogen-bond donors (Lipinski definition) is 3. The van der Waals surface area contributed by atoms with Gasteiger partial charge in [-0.1, -0.05) is 18.2 Å². The van der Waals surface area contributed by atoms with Gasteiger partial charge in [0.25, 0.3) is 0 Å². The van der Waals surface area contributed by atoms with Crippen molar-refractivity contribution in [2.45, 2.75) is 31.7 Å². The fourth-order valence-corrected chi connectivity index (χ4v) is 3.71. The molecule has 3 rings (SSSR count). The Hall–Kier alpha value is -1.14. The molecule has 1 aromatic rings. The van der Waals surface area contributed by atoms with Crippen LogP contribution in [0.1, 0.15) is 12.0 Å². The number of β-amino-alcohol motifs (C(OH)–C–C–N with tert-alkyl or cyclic N) is 2. The van der Waals surface area contributed by atoms with Crippen LogP contribution in [0.3, 0.4) is 0 Å². The number of para-hydroxylation sites is 1. The molecule has 3 N–H and O–H groups in total. The Morgan fingerprint density at radius 2 is 1.73 bits per heavy atom. The molecule has 0 amide bonds. The van der Waals surface area contributed by atoms with Gasteiger partial charge in [0.2, 0.25) is 0 Å². The maximum Gasteiger partial charge on any atom is 0.108 e. The Balaban J connectivity index is 1.56. The first-order valence-electron chi connectivity index (χ1n) is 8.11. The average molecular weight is 306 g/mol. The van der Waals surface area contributed by atoms with Crippen LogP contribution in [0.2, 0.25) is 0 Å². The highest BCUT2D eigenvalue weighted by molar-refractivity contribution is 5.53. The van der Waals surface area contributed by atoms with Crippen molar-refractivity contribution < 1.29 is 15.3 Å². The van der Waals surface area contributed by atoms with Crippen LogP contribution in [0.4, 0.5) is 5.69 Å². The van der Waals surface area contributed by atoms with Gasteiger partial charge in [-0.2, -0.15) is 0 Å². The van der Waals surface area contributed by atoms with Crippen LogP contribution in [0, 0.1) is 12.8 Å². The fourth-order valence-electron chi connectivity index (χ4n) is 3.71. The van der Waals surface area contributed by atoms with Gasteiger partial charge in [-0.3, -0.25) is 4.90 Å². The largest absolute Gasteiger partial charge is 0.389 e. The zero-order valence-electron chi connectivity index (χ0n) is 13.1. The minimum absolute atomic E-state index is 0.444. The number of aryl methyl sites for hydroxylation is 1. The average Bonchev–Trinajstić information content (AvgIpc) is 2.93. The first-order chi connectivity index (χ1) is 10.5. The van der Waals surface area contributed by atoms with Gasteiger partial charge in [-0.15, -0.1) is 0 Å². The van der Waals surface area contributed by atoms with E-state index in [1.165, 1.54) is 11.3 Å². The molecule has 22 heavy (non-hydrogen) atoms. The summed E-state index contributed by atoms with van der Waals surface area (Å²) in [6.07, 6.45) is -1.59. The topological polar surface area (TPSA) is 67.2 Å². The molecule has 0 radical (unpaired) electrons. The molecule has 1 aromatic carbocycles. The summed E-state index contributed by atoms with van der Waals surface area (Å²) in [6, 6.07) is 8.45. The number of anilines is 1.